The third kappa shape index (κ3) is 6.35. The van der Waals surface area contributed by atoms with Crippen molar-refractivity contribution >= 4 is 63.3 Å². The highest BCUT2D eigenvalue weighted by Gasteiger charge is 2.34. The number of ether oxygens (including phenoxy) is 1. The quantitative estimate of drug-likeness (QED) is 0.276. The summed E-state index contributed by atoms with van der Waals surface area (Å²) in [4.78, 5) is 29.1. The van der Waals surface area contributed by atoms with Gasteiger partial charge >= 0.3 is 6.18 Å². The second-order valence-corrected chi connectivity index (χ2v) is 10.1. The van der Waals surface area contributed by atoms with Gasteiger partial charge in [0, 0.05) is 19.8 Å². The van der Waals surface area contributed by atoms with Gasteiger partial charge in [0.15, 0.2) is 10.9 Å². The van der Waals surface area contributed by atoms with Crippen LogP contribution in [0.1, 0.15) is 11.1 Å². The van der Waals surface area contributed by atoms with Gasteiger partial charge in [-0.25, -0.2) is 0 Å². The lowest BCUT2D eigenvalue weighted by Gasteiger charge is -2.17. The van der Waals surface area contributed by atoms with Crippen molar-refractivity contribution in [2.45, 2.75) is 6.18 Å². The fourth-order valence-electron chi connectivity index (χ4n) is 3.58. The number of thioether (sulfide) groups is 1. The standard InChI is InChI=1S/C27H22F3N3O3S2/c1-32(2)18-9-11-19(12-10-18)33-25(35)23(38-26(33)37)15-17-7-13-20(14-8-17)36-16-24(34)31-22-6-4-3-5-21(22)27(28,29)30/h3-15H,16H2,1-2H3,(H,31,34)/b23-15-. The van der Waals surface area contributed by atoms with Gasteiger partial charge in [-0.15, -0.1) is 0 Å². The van der Waals surface area contributed by atoms with E-state index >= 15 is 0 Å². The Bertz CT molecular complexity index is 1390. The van der Waals surface area contributed by atoms with Crippen LogP contribution in [0.25, 0.3) is 6.08 Å². The minimum atomic E-state index is -4.59. The number of rotatable bonds is 7. The van der Waals surface area contributed by atoms with Gasteiger partial charge in [-0.2, -0.15) is 13.2 Å². The second-order valence-electron chi connectivity index (χ2n) is 8.38. The maximum atomic E-state index is 13.1. The summed E-state index contributed by atoms with van der Waals surface area (Å²) in [5.74, 6) is -0.614. The molecule has 1 fully saturated rings. The molecular weight excluding hydrogens is 535 g/mol. The Hall–Kier alpha value is -3.83. The molecule has 3 aromatic rings. The Labute approximate surface area is 227 Å². The molecule has 0 bridgehead atoms. The average molecular weight is 558 g/mol. The fraction of sp³-hybridized carbons (Fsp3) is 0.148. The zero-order valence-corrected chi connectivity index (χ0v) is 21.9. The first-order valence-electron chi connectivity index (χ1n) is 11.3. The van der Waals surface area contributed by atoms with E-state index < -0.39 is 24.3 Å². The summed E-state index contributed by atoms with van der Waals surface area (Å²) in [5, 5.41) is 2.23. The maximum absolute atomic E-state index is 13.1. The summed E-state index contributed by atoms with van der Waals surface area (Å²) in [6.07, 6.45) is -2.89. The molecule has 2 amide bonds. The zero-order valence-electron chi connectivity index (χ0n) is 20.3. The number of halogens is 3. The number of amides is 2. The van der Waals surface area contributed by atoms with Crippen LogP contribution in [0.3, 0.4) is 0 Å². The van der Waals surface area contributed by atoms with Crippen LogP contribution in [0.5, 0.6) is 5.75 Å². The van der Waals surface area contributed by atoms with E-state index in [2.05, 4.69) is 5.32 Å². The SMILES string of the molecule is CN(C)c1ccc(N2C(=O)/C(=C/c3ccc(OCC(=O)Nc4ccccc4C(F)(F)F)cc3)SC2=S)cc1. The summed E-state index contributed by atoms with van der Waals surface area (Å²) in [7, 11) is 3.86. The van der Waals surface area contributed by atoms with Gasteiger partial charge in [0.1, 0.15) is 5.75 Å². The summed E-state index contributed by atoms with van der Waals surface area (Å²) in [6.45, 7) is -0.475. The number of nitrogens with zero attached hydrogens (tertiary/aromatic N) is 2. The Morgan fingerprint density at radius 2 is 1.71 bits per heavy atom. The number of hydrogen-bond acceptors (Lipinski definition) is 6. The van der Waals surface area contributed by atoms with E-state index in [4.69, 9.17) is 17.0 Å². The van der Waals surface area contributed by atoms with Crippen LogP contribution in [0, 0.1) is 0 Å². The largest absolute Gasteiger partial charge is 0.484 e. The molecule has 0 spiro atoms. The zero-order chi connectivity index (χ0) is 27.4. The van der Waals surface area contributed by atoms with Gasteiger partial charge in [0.2, 0.25) is 0 Å². The summed E-state index contributed by atoms with van der Waals surface area (Å²) in [6, 6.07) is 18.8. The van der Waals surface area contributed by atoms with Crippen molar-refractivity contribution in [2.24, 2.45) is 0 Å². The third-order valence-corrected chi connectivity index (χ3v) is 6.77. The van der Waals surface area contributed by atoms with Gasteiger partial charge in [-0.1, -0.05) is 48.2 Å². The lowest BCUT2D eigenvalue weighted by molar-refractivity contribution is -0.137. The van der Waals surface area contributed by atoms with Crippen LogP contribution < -0.4 is 19.9 Å². The molecule has 0 unspecified atom stereocenters. The van der Waals surface area contributed by atoms with E-state index in [1.165, 1.54) is 34.9 Å². The molecule has 1 saturated heterocycles. The number of carbonyl (C=O) groups excluding carboxylic acids is 2. The van der Waals surface area contributed by atoms with Crippen molar-refractivity contribution in [1.82, 2.24) is 0 Å². The lowest BCUT2D eigenvalue weighted by Crippen LogP contribution is -2.27. The average Bonchev–Trinajstić information content (AvgIpc) is 3.15. The van der Waals surface area contributed by atoms with Gasteiger partial charge < -0.3 is 15.0 Å². The number of hydrogen-bond donors (Lipinski definition) is 1. The van der Waals surface area contributed by atoms with Gasteiger partial charge in [-0.05, 0) is 60.2 Å². The number of thiocarbonyl (C=S) groups is 1. The van der Waals surface area contributed by atoms with Crippen molar-refractivity contribution < 1.29 is 27.5 Å². The minimum Gasteiger partial charge on any atom is -0.484 e. The highest BCUT2D eigenvalue weighted by molar-refractivity contribution is 8.27. The fourth-order valence-corrected chi connectivity index (χ4v) is 4.88. The van der Waals surface area contributed by atoms with E-state index in [0.29, 0.717) is 26.2 Å². The molecule has 196 valence electrons. The van der Waals surface area contributed by atoms with E-state index in [9.17, 15) is 22.8 Å². The molecule has 4 rings (SSSR count). The van der Waals surface area contributed by atoms with Crippen LogP contribution in [-0.4, -0.2) is 36.8 Å². The summed E-state index contributed by atoms with van der Waals surface area (Å²) in [5.41, 5.74) is 1.12. The molecule has 1 N–H and O–H groups in total. The number of benzene rings is 3. The van der Waals surface area contributed by atoms with Crippen molar-refractivity contribution in [3.05, 3.63) is 88.8 Å². The monoisotopic (exact) mass is 557 g/mol. The molecule has 0 aromatic heterocycles. The first-order chi connectivity index (χ1) is 18.0. The van der Waals surface area contributed by atoms with Gasteiger partial charge in [0.05, 0.1) is 21.8 Å². The van der Waals surface area contributed by atoms with Crippen molar-refractivity contribution in [3.63, 3.8) is 0 Å². The first-order valence-corrected chi connectivity index (χ1v) is 12.5. The Balaban J connectivity index is 1.37. The molecule has 0 aliphatic carbocycles. The molecule has 38 heavy (non-hydrogen) atoms. The van der Waals surface area contributed by atoms with E-state index in [1.807, 2.05) is 43.3 Å². The van der Waals surface area contributed by atoms with Crippen LogP contribution in [0.2, 0.25) is 0 Å². The van der Waals surface area contributed by atoms with Crippen LogP contribution in [-0.2, 0) is 15.8 Å². The summed E-state index contributed by atoms with van der Waals surface area (Å²) >= 11 is 6.63. The molecule has 3 aromatic carbocycles. The highest BCUT2D eigenvalue weighted by atomic mass is 32.2. The smallest absolute Gasteiger partial charge is 0.418 e. The molecule has 1 aliphatic heterocycles. The maximum Gasteiger partial charge on any atom is 0.418 e. The van der Waals surface area contributed by atoms with E-state index in [-0.39, 0.29) is 11.6 Å². The molecule has 0 radical (unpaired) electrons. The van der Waals surface area contributed by atoms with Gasteiger partial charge in [0.25, 0.3) is 11.8 Å². The molecule has 11 heteroatoms. The van der Waals surface area contributed by atoms with Crippen molar-refractivity contribution in [3.8, 4) is 5.75 Å². The highest BCUT2D eigenvalue weighted by Crippen LogP contribution is 2.37. The van der Waals surface area contributed by atoms with Crippen LogP contribution in [0.4, 0.5) is 30.2 Å². The lowest BCUT2D eigenvalue weighted by atomic mass is 10.1. The number of alkyl halides is 3. The Morgan fingerprint density at radius 3 is 2.34 bits per heavy atom. The van der Waals surface area contributed by atoms with E-state index in [1.54, 1.807) is 30.3 Å². The molecule has 1 heterocycles. The number of para-hydroxylation sites is 1. The Kier molecular flexibility index (Phi) is 8.08. The van der Waals surface area contributed by atoms with Crippen LogP contribution >= 0.6 is 24.0 Å². The molecular formula is C27H22F3N3O3S2. The first kappa shape index (κ1) is 27.2. The molecule has 0 atom stereocenters. The normalized spacial score (nSPS) is 14.7. The topological polar surface area (TPSA) is 61.9 Å². The minimum absolute atomic E-state index is 0.228. The molecule has 1 aliphatic rings. The number of nitrogens with one attached hydrogen (secondary N) is 1. The van der Waals surface area contributed by atoms with Crippen molar-refractivity contribution in [2.75, 3.05) is 35.8 Å². The molecule has 6 nitrogen and oxygen atoms in total. The van der Waals surface area contributed by atoms with Crippen LogP contribution in [0.15, 0.2) is 77.7 Å². The second kappa shape index (κ2) is 11.3. The Morgan fingerprint density at radius 1 is 1.05 bits per heavy atom. The predicted octanol–water partition coefficient (Wildman–Crippen LogP) is 6.19. The number of carbonyl (C=O) groups is 2. The summed E-state index contributed by atoms with van der Waals surface area (Å²) < 4.78 is 45.2. The number of anilines is 3. The molecule has 0 saturated carbocycles. The van der Waals surface area contributed by atoms with Gasteiger partial charge in [-0.3, -0.25) is 14.5 Å². The predicted molar refractivity (Wildman–Crippen MR) is 148 cm³/mol. The van der Waals surface area contributed by atoms with Crippen molar-refractivity contribution in [1.29, 1.82) is 0 Å². The third-order valence-electron chi connectivity index (χ3n) is 5.47. The van der Waals surface area contributed by atoms with E-state index in [0.717, 1.165) is 11.8 Å².